The number of aldehydes is 1. The van der Waals surface area contributed by atoms with Gasteiger partial charge < -0.3 is 0 Å². The first-order chi connectivity index (χ1) is 5.97. The molecule has 0 amide bonds. The van der Waals surface area contributed by atoms with Gasteiger partial charge in [-0.25, -0.2) is 0 Å². The molecule has 0 saturated carbocycles. The minimum Gasteiger partial charge on any atom is -0.298 e. The zero-order valence-electron chi connectivity index (χ0n) is 8.26. The van der Waals surface area contributed by atoms with E-state index in [1.165, 1.54) is 13.0 Å². The van der Waals surface area contributed by atoms with E-state index in [4.69, 9.17) is 0 Å². The number of rotatable bonds is 3. The third-order valence-corrected chi connectivity index (χ3v) is 2.33. The quantitative estimate of drug-likeness (QED) is 0.489. The van der Waals surface area contributed by atoms with E-state index in [0.29, 0.717) is 0 Å². The first-order valence-corrected chi connectivity index (χ1v) is 4.35. The highest BCUT2D eigenvalue weighted by atomic mass is 16.1. The van der Waals surface area contributed by atoms with E-state index in [2.05, 4.69) is 13.8 Å². The summed E-state index contributed by atoms with van der Waals surface area (Å²) >= 11 is 0. The molecule has 0 bridgehead atoms. The molecule has 1 aliphatic carbocycles. The molecular formula is C11H14O2. The molecule has 0 heterocycles. The molecule has 0 fully saturated rings. The van der Waals surface area contributed by atoms with Gasteiger partial charge in [0.1, 0.15) is 6.29 Å². The predicted octanol–water partition coefficient (Wildman–Crippen LogP) is 2.06. The maximum atomic E-state index is 10.7. The SMILES string of the molecule is CC(=O)/C=C/C1=C(C=O)CC1(C)C. The van der Waals surface area contributed by atoms with Crippen molar-refractivity contribution in [2.24, 2.45) is 5.41 Å². The second-order valence-corrected chi connectivity index (χ2v) is 4.06. The smallest absolute Gasteiger partial charge is 0.152 e. The van der Waals surface area contributed by atoms with Gasteiger partial charge in [-0.3, -0.25) is 9.59 Å². The van der Waals surface area contributed by atoms with E-state index in [1.807, 2.05) is 0 Å². The number of carbonyl (C=O) groups excluding carboxylic acids is 2. The lowest BCUT2D eigenvalue weighted by Gasteiger charge is -2.37. The highest BCUT2D eigenvalue weighted by molar-refractivity contribution is 5.89. The molecule has 1 aliphatic rings. The van der Waals surface area contributed by atoms with Gasteiger partial charge in [0.25, 0.3) is 0 Å². The molecule has 13 heavy (non-hydrogen) atoms. The van der Waals surface area contributed by atoms with Crippen LogP contribution in [0.2, 0.25) is 0 Å². The van der Waals surface area contributed by atoms with Crippen molar-refractivity contribution in [3.05, 3.63) is 23.3 Å². The number of hydrogen-bond donors (Lipinski definition) is 0. The molecule has 0 saturated heterocycles. The average molecular weight is 178 g/mol. The van der Waals surface area contributed by atoms with Gasteiger partial charge in [-0.1, -0.05) is 19.9 Å². The summed E-state index contributed by atoms with van der Waals surface area (Å²) < 4.78 is 0. The Hall–Kier alpha value is -1.18. The maximum Gasteiger partial charge on any atom is 0.152 e. The largest absolute Gasteiger partial charge is 0.298 e. The Morgan fingerprint density at radius 3 is 2.46 bits per heavy atom. The molecule has 70 valence electrons. The van der Waals surface area contributed by atoms with E-state index in [1.54, 1.807) is 6.08 Å². The van der Waals surface area contributed by atoms with E-state index < -0.39 is 0 Å². The summed E-state index contributed by atoms with van der Waals surface area (Å²) in [4.78, 5) is 21.2. The van der Waals surface area contributed by atoms with Gasteiger partial charge in [0, 0.05) is 0 Å². The van der Waals surface area contributed by atoms with Crippen molar-refractivity contribution in [3.63, 3.8) is 0 Å². The topological polar surface area (TPSA) is 34.1 Å². The van der Waals surface area contributed by atoms with Gasteiger partial charge in [-0.2, -0.15) is 0 Å². The Bertz CT molecular complexity index is 306. The van der Waals surface area contributed by atoms with Gasteiger partial charge in [-0.05, 0) is 36.0 Å². The van der Waals surface area contributed by atoms with Crippen LogP contribution in [0.4, 0.5) is 0 Å². The van der Waals surface area contributed by atoms with Crippen molar-refractivity contribution >= 4 is 12.1 Å². The van der Waals surface area contributed by atoms with E-state index >= 15 is 0 Å². The maximum absolute atomic E-state index is 10.7. The summed E-state index contributed by atoms with van der Waals surface area (Å²) in [6, 6.07) is 0. The minimum absolute atomic E-state index is 0.0143. The number of ketones is 1. The Labute approximate surface area is 78.3 Å². The molecular weight excluding hydrogens is 164 g/mol. The van der Waals surface area contributed by atoms with Gasteiger partial charge in [0.15, 0.2) is 5.78 Å². The van der Waals surface area contributed by atoms with Crippen LogP contribution in [0.3, 0.4) is 0 Å². The third kappa shape index (κ3) is 1.94. The lowest BCUT2D eigenvalue weighted by Crippen LogP contribution is -2.27. The average Bonchev–Trinajstić information content (AvgIpc) is 2.00. The minimum atomic E-state index is 0.0143. The van der Waals surface area contributed by atoms with Crippen molar-refractivity contribution in [2.45, 2.75) is 27.2 Å². The summed E-state index contributed by atoms with van der Waals surface area (Å²) in [5.41, 5.74) is 1.88. The van der Waals surface area contributed by atoms with Gasteiger partial charge in [-0.15, -0.1) is 0 Å². The molecule has 0 spiro atoms. The van der Waals surface area contributed by atoms with Crippen LogP contribution < -0.4 is 0 Å². The Balaban J connectivity index is 2.88. The van der Waals surface area contributed by atoms with E-state index in [9.17, 15) is 9.59 Å². The molecule has 2 heteroatoms. The summed E-state index contributed by atoms with van der Waals surface area (Å²) in [6.07, 6.45) is 4.97. The van der Waals surface area contributed by atoms with Crippen LogP contribution in [0.15, 0.2) is 23.3 Å². The van der Waals surface area contributed by atoms with Crippen molar-refractivity contribution in [1.29, 1.82) is 0 Å². The van der Waals surface area contributed by atoms with Crippen LogP contribution in [-0.2, 0) is 9.59 Å². The van der Waals surface area contributed by atoms with Crippen molar-refractivity contribution in [1.82, 2.24) is 0 Å². The van der Waals surface area contributed by atoms with Gasteiger partial charge in [0.05, 0.1) is 0 Å². The van der Waals surface area contributed by atoms with E-state index in [-0.39, 0.29) is 11.2 Å². The van der Waals surface area contributed by atoms with Crippen LogP contribution in [-0.4, -0.2) is 12.1 Å². The number of carbonyl (C=O) groups is 2. The third-order valence-electron chi connectivity index (χ3n) is 2.33. The first-order valence-electron chi connectivity index (χ1n) is 4.35. The van der Waals surface area contributed by atoms with Crippen molar-refractivity contribution in [2.75, 3.05) is 0 Å². The molecule has 0 aromatic rings. The van der Waals surface area contributed by atoms with Crippen LogP contribution in [0, 0.1) is 5.41 Å². The van der Waals surface area contributed by atoms with Gasteiger partial charge in [0.2, 0.25) is 0 Å². The summed E-state index contributed by atoms with van der Waals surface area (Å²) in [5, 5.41) is 0. The van der Waals surface area contributed by atoms with Crippen molar-refractivity contribution < 1.29 is 9.59 Å². The fourth-order valence-electron chi connectivity index (χ4n) is 1.63. The van der Waals surface area contributed by atoms with Crippen LogP contribution >= 0.6 is 0 Å². The Morgan fingerprint density at radius 2 is 2.08 bits per heavy atom. The van der Waals surface area contributed by atoms with Crippen LogP contribution in [0.5, 0.6) is 0 Å². The van der Waals surface area contributed by atoms with Crippen LogP contribution in [0.25, 0.3) is 0 Å². The van der Waals surface area contributed by atoms with Gasteiger partial charge >= 0.3 is 0 Å². The molecule has 1 rings (SSSR count). The summed E-state index contributed by atoms with van der Waals surface area (Å²) in [6.45, 7) is 5.64. The predicted molar refractivity (Wildman–Crippen MR) is 51.3 cm³/mol. The molecule has 0 atom stereocenters. The highest BCUT2D eigenvalue weighted by Gasteiger charge is 2.34. The molecule has 0 aliphatic heterocycles. The fourth-order valence-corrected chi connectivity index (χ4v) is 1.63. The zero-order valence-corrected chi connectivity index (χ0v) is 8.26. The Morgan fingerprint density at radius 1 is 1.46 bits per heavy atom. The number of allylic oxidation sites excluding steroid dienone is 4. The molecule has 2 nitrogen and oxygen atoms in total. The lowest BCUT2D eigenvalue weighted by molar-refractivity contribution is -0.112. The zero-order chi connectivity index (χ0) is 10.1. The molecule has 0 aromatic carbocycles. The highest BCUT2D eigenvalue weighted by Crippen LogP contribution is 2.45. The molecule has 0 radical (unpaired) electrons. The normalized spacial score (nSPS) is 20.2. The van der Waals surface area contributed by atoms with Crippen LogP contribution in [0.1, 0.15) is 27.2 Å². The second kappa shape index (κ2) is 3.29. The molecule has 0 N–H and O–H groups in total. The Kier molecular flexibility index (Phi) is 2.50. The summed E-state index contributed by atoms with van der Waals surface area (Å²) in [5.74, 6) is 0.0143. The molecule has 0 aromatic heterocycles. The lowest BCUT2D eigenvalue weighted by atomic mass is 9.66. The van der Waals surface area contributed by atoms with E-state index in [0.717, 1.165) is 23.9 Å². The first kappa shape index (κ1) is 9.90. The number of hydrogen-bond acceptors (Lipinski definition) is 2. The fraction of sp³-hybridized carbons (Fsp3) is 0.455. The van der Waals surface area contributed by atoms with Crippen molar-refractivity contribution in [3.8, 4) is 0 Å². The second-order valence-electron chi connectivity index (χ2n) is 4.06. The standard InChI is InChI=1S/C11H14O2/c1-8(13)4-5-10-9(7-12)6-11(10,2)3/h4-5,7H,6H2,1-3H3/b5-4+. The molecule has 0 unspecified atom stereocenters. The monoisotopic (exact) mass is 178 g/mol. The summed E-state index contributed by atoms with van der Waals surface area (Å²) in [7, 11) is 0.